The van der Waals surface area contributed by atoms with Gasteiger partial charge in [0.15, 0.2) is 0 Å². The Hall–Kier alpha value is -2.31. The van der Waals surface area contributed by atoms with Crippen LogP contribution in [0.2, 0.25) is 0 Å². The molecule has 0 saturated heterocycles. The van der Waals surface area contributed by atoms with Crippen molar-refractivity contribution in [1.82, 2.24) is 20.5 Å². The molecule has 2 aromatic rings. The fourth-order valence-electron chi connectivity index (χ4n) is 1.25. The zero-order chi connectivity index (χ0) is 11.5. The lowest BCUT2D eigenvalue weighted by Gasteiger charge is -2.09. The number of rotatable bonds is 3. The van der Waals surface area contributed by atoms with Crippen molar-refractivity contribution < 1.29 is 9.21 Å². The van der Waals surface area contributed by atoms with E-state index in [4.69, 9.17) is 10.2 Å². The van der Waals surface area contributed by atoms with Crippen molar-refractivity contribution in [3.8, 4) is 0 Å². The summed E-state index contributed by atoms with van der Waals surface area (Å²) in [5, 5.41) is 8.68. The Kier molecular flexibility index (Phi) is 2.59. The van der Waals surface area contributed by atoms with E-state index >= 15 is 0 Å². The van der Waals surface area contributed by atoms with Gasteiger partial charge in [-0.3, -0.25) is 9.89 Å². The molecule has 0 radical (unpaired) electrons. The first kappa shape index (κ1) is 10.2. The van der Waals surface area contributed by atoms with Crippen LogP contribution >= 0.6 is 0 Å². The van der Waals surface area contributed by atoms with Gasteiger partial charge < -0.3 is 15.5 Å². The van der Waals surface area contributed by atoms with Crippen molar-refractivity contribution >= 4 is 11.9 Å². The number of aromatic amines is 1. The molecule has 7 nitrogen and oxygen atoms in total. The molecule has 2 aromatic heterocycles. The minimum atomic E-state index is -0.381. The topological polar surface area (TPSA) is 110 Å². The van der Waals surface area contributed by atoms with E-state index in [9.17, 15) is 4.79 Å². The summed E-state index contributed by atoms with van der Waals surface area (Å²) in [6.07, 6.45) is 1.55. The Morgan fingerprint density at radius 3 is 3.06 bits per heavy atom. The van der Waals surface area contributed by atoms with E-state index in [1.807, 2.05) is 0 Å². The molecule has 0 unspecified atom stereocenters. The van der Waals surface area contributed by atoms with E-state index in [-0.39, 0.29) is 23.7 Å². The predicted octanol–water partition coefficient (Wildman–Crippen LogP) is 0.471. The van der Waals surface area contributed by atoms with Gasteiger partial charge >= 0.3 is 0 Å². The van der Waals surface area contributed by atoms with Crippen LogP contribution in [0.25, 0.3) is 0 Å². The number of furan rings is 1. The minimum Gasteiger partial charge on any atom is -0.467 e. The number of carbonyl (C=O) groups is 1. The fourth-order valence-corrected chi connectivity index (χ4v) is 1.25. The smallest absolute Gasteiger partial charge is 0.289 e. The number of hydrogen-bond donors (Lipinski definition) is 3. The average Bonchev–Trinajstić information content (AvgIpc) is 2.87. The molecule has 0 aliphatic carbocycles. The highest BCUT2D eigenvalue weighted by molar-refractivity contribution is 5.90. The Balaban J connectivity index is 2.03. The van der Waals surface area contributed by atoms with Crippen LogP contribution in [0.15, 0.2) is 22.8 Å². The van der Waals surface area contributed by atoms with Gasteiger partial charge in [-0.15, -0.1) is 5.10 Å². The molecule has 4 N–H and O–H groups in total. The predicted molar refractivity (Wildman–Crippen MR) is 55.4 cm³/mol. The largest absolute Gasteiger partial charge is 0.467 e. The Labute approximate surface area is 91.0 Å². The number of nitrogens with two attached hydrogens (primary N) is 1. The van der Waals surface area contributed by atoms with Crippen LogP contribution < -0.4 is 11.1 Å². The van der Waals surface area contributed by atoms with Crippen LogP contribution in [-0.4, -0.2) is 21.1 Å². The normalized spacial score (nSPS) is 12.3. The second kappa shape index (κ2) is 4.05. The van der Waals surface area contributed by atoms with Crippen molar-refractivity contribution in [1.29, 1.82) is 0 Å². The standard InChI is InChI=1S/C9H11N5O2/c1-5(6-3-2-4-16-6)11-8(15)7-12-9(10)14-13-7/h2-5H,1H3,(H,11,15)(H3,10,12,13,14)/t5-/m0/s1. The molecule has 0 aliphatic rings. The van der Waals surface area contributed by atoms with Gasteiger partial charge in [0, 0.05) is 0 Å². The van der Waals surface area contributed by atoms with Gasteiger partial charge in [-0.05, 0) is 19.1 Å². The van der Waals surface area contributed by atoms with Crippen molar-refractivity contribution in [3.63, 3.8) is 0 Å². The Bertz CT molecular complexity index is 476. The molecule has 1 atom stereocenters. The van der Waals surface area contributed by atoms with Crippen LogP contribution in [0, 0.1) is 0 Å². The molecule has 2 heterocycles. The third kappa shape index (κ3) is 2.02. The number of H-pyrrole nitrogens is 1. The monoisotopic (exact) mass is 221 g/mol. The summed E-state index contributed by atoms with van der Waals surface area (Å²) in [5.41, 5.74) is 5.29. The Morgan fingerprint density at radius 1 is 1.69 bits per heavy atom. The summed E-state index contributed by atoms with van der Waals surface area (Å²) in [6, 6.07) is 3.29. The molecule has 16 heavy (non-hydrogen) atoms. The van der Waals surface area contributed by atoms with E-state index in [1.54, 1.807) is 25.3 Å². The van der Waals surface area contributed by atoms with Gasteiger partial charge in [0.05, 0.1) is 12.3 Å². The van der Waals surface area contributed by atoms with E-state index in [0.29, 0.717) is 5.76 Å². The van der Waals surface area contributed by atoms with E-state index < -0.39 is 0 Å². The van der Waals surface area contributed by atoms with Gasteiger partial charge in [0.2, 0.25) is 11.8 Å². The lowest BCUT2D eigenvalue weighted by Crippen LogP contribution is -2.27. The second-order valence-corrected chi connectivity index (χ2v) is 3.25. The van der Waals surface area contributed by atoms with Crippen LogP contribution in [0.5, 0.6) is 0 Å². The van der Waals surface area contributed by atoms with Crippen LogP contribution in [-0.2, 0) is 0 Å². The summed E-state index contributed by atoms with van der Waals surface area (Å²) >= 11 is 0. The zero-order valence-electron chi connectivity index (χ0n) is 8.60. The molecule has 84 valence electrons. The highest BCUT2D eigenvalue weighted by atomic mass is 16.3. The molecule has 2 rings (SSSR count). The number of amides is 1. The summed E-state index contributed by atoms with van der Waals surface area (Å²) in [7, 11) is 0. The van der Waals surface area contributed by atoms with Crippen molar-refractivity contribution in [2.45, 2.75) is 13.0 Å². The maximum Gasteiger partial charge on any atom is 0.289 e. The molecule has 7 heteroatoms. The third-order valence-corrected chi connectivity index (χ3v) is 2.04. The van der Waals surface area contributed by atoms with Crippen molar-refractivity contribution in [3.05, 3.63) is 30.0 Å². The molecule has 0 spiro atoms. The van der Waals surface area contributed by atoms with Crippen molar-refractivity contribution in [2.75, 3.05) is 5.73 Å². The van der Waals surface area contributed by atoms with Crippen LogP contribution in [0.4, 0.5) is 5.95 Å². The second-order valence-electron chi connectivity index (χ2n) is 3.25. The number of hydrogen-bond acceptors (Lipinski definition) is 5. The summed E-state index contributed by atoms with van der Waals surface area (Å²) in [6.45, 7) is 1.80. The molecule has 0 saturated carbocycles. The SMILES string of the molecule is C[C@H](NC(=O)c1nc(N)n[nH]1)c1ccco1. The molecule has 1 amide bonds. The molecule has 0 aliphatic heterocycles. The maximum atomic E-state index is 11.6. The highest BCUT2D eigenvalue weighted by Crippen LogP contribution is 2.12. The van der Waals surface area contributed by atoms with Gasteiger partial charge in [-0.1, -0.05) is 0 Å². The number of carbonyl (C=O) groups excluding carboxylic acids is 1. The highest BCUT2D eigenvalue weighted by Gasteiger charge is 2.15. The van der Waals surface area contributed by atoms with Crippen molar-refractivity contribution in [2.24, 2.45) is 0 Å². The fraction of sp³-hybridized carbons (Fsp3) is 0.222. The molecule has 0 fully saturated rings. The third-order valence-electron chi connectivity index (χ3n) is 2.04. The Morgan fingerprint density at radius 2 is 2.50 bits per heavy atom. The zero-order valence-corrected chi connectivity index (χ0v) is 8.60. The summed E-state index contributed by atoms with van der Waals surface area (Å²) in [4.78, 5) is 15.3. The molecular formula is C9H11N5O2. The molecular weight excluding hydrogens is 210 g/mol. The van der Waals surface area contributed by atoms with Crippen LogP contribution in [0.1, 0.15) is 29.3 Å². The lowest BCUT2D eigenvalue weighted by molar-refractivity contribution is 0.0925. The number of anilines is 1. The molecule has 0 bridgehead atoms. The van der Waals surface area contributed by atoms with E-state index in [2.05, 4.69) is 20.5 Å². The summed E-state index contributed by atoms with van der Waals surface area (Å²) < 4.78 is 5.15. The first-order valence-electron chi connectivity index (χ1n) is 4.69. The quantitative estimate of drug-likeness (QED) is 0.697. The number of nitrogens with zero attached hydrogens (tertiary/aromatic N) is 2. The van der Waals surface area contributed by atoms with Gasteiger partial charge in [0.25, 0.3) is 5.91 Å². The maximum absolute atomic E-state index is 11.6. The number of nitrogen functional groups attached to an aromatic ring is 1. The van der Waals surface area contributed by atoms with E-state index in [1.165, 1.54) is 0 Å². The van der Waals surface area contributed by atoms with Crippen LogP contribution in [0.3, 0.4) is 0 Å². The summed E-state index contributed by atoms with van der Waals surface area (Å²) in [5.74, 6) is 0.403. The van der Waals surface area contributed by atoms with Gasteiger partial charge in [-0.25, -0.2) is 0 Å². The van der Waals surface area contributed by atoms with E-state index in [0.717, 1.165) is 0 Å². The lowest BCUT2D eigenvalue weighted by atomic mass is 10.2. The average molecular weight is 221 g/mol. The first-order chi connectivity index (χ1) is 7.66. The van der Waals surface area contributed by atoms with Gasteiger partial charge in [-0.2, -0.15) is 4.98 Å². The number of aromatic nitrogens is 3. The first-order valence-corrected chi connectivity index (χ1v) is 4.69. The van der Waals surface area contributed by atoms with Gasteiger partial charge in [0.1, 0.15) is 5.76 Å². The number of nitrogens with one attached hydrogen (secondary N) is 2. The minimum absolute atomic E-state index is 0.0378. The molecule has 0 aromatic carbocycles.